The highest BCUT2D eigenvalue weighted by Crippen LogP contribution is 1.85. The van der Waals surface area contributed by atoms with Crippen LogP contribution in [0.1, 0.15) is 6.92 Å². The summed E-state index contributed by atoms with van der Waals surface area (Å²) in [5.41, 5.74) is 0.405. The first-order valence-electron chi connectivity index (χ1n) is 3.79. The molecule has 0 radical (unpaired) electrons. The Balaban J connectivity index is 3.96. The predicted molar refractivity (Wildman–Crippen MR) is 50.8 cm³/mol. The van der Waals surface area contributed by atoms with Gasteiger partial charge in [0.2, 0.25) is 11.8 Å². The van der Waals surface area contributed by atoms with Crippen molar-refractivity contribution in [2.24, 2.45) is 0 Å². The number of nitrogens with zero attached hydrogens (tertiary/aromatic N) is 1. The van der Waals surface area contributed by atoms with Crippen molar-refractivity contribution in [1.82, 2.24) is 10.2 Å². The minimum absolute atomic E-state index is 0.179. The molecule has 0 atom stereocenters. The molecule has 0 bridgehead atoms. The maximum absolute atomic E-state index is 11.0. The number of hydrogen-bond acceptors (Lipinski definition) is 2. The summed E-state index contributed by atoms with van der Waals surface area (Å²) in [6.07, 6.45) is 2.58. The molecule has 1 N–H and O–H groups in total. The molecule has 0 aromatic heterocycles. The van der Waals surface area contributed by atoms with Crippen LogP contribution in [0.2, 0.25) is 0 Å². The van der Waals surface area contributed by atoms with E-state index >= 15 is 0 Å². The molecule has 0 fully saturated rings. The van der Waals surface area contributed by atoms with E-state index in [-0.39, 0.29) is 11.8 Å². The molecule has 0 spiro atoms. The van der Waals surface area contributed by atoms with Crippen molar-refractivity contribution in [2.45, 2.75) is 6.92 Å². The van der Waals surface area contributed by atoms with Crippen LogP contribution in [-0.4, -0.2) is 30.8 Å². The fourth-order valence-electron chi connectivity index (χ4n) is 0.461. The van der Waals surface area contributed by atoms with E-state index in [0.717, 1.165) is 0 Å². The topological polar surface area (TPSA) is 49.4 Å². The lowest BCUT2D eigenvalue weighted by Gasteiger charge is -2.05. The molecule has 0 heterocycles. The zero-order valence-electron chi connectivity index (χ0n) is 8.13. The highest BCUT2D eigenvalue weighted by atomic mass is 16.2. The largest absolute Gasteiger partial charge is 0.345 e. The van der Waals surface area contributed by atoms with Gasteiger partial charge in [-0.2, -0.15) is 0 Å². The number of amides is 2. The molecule has 4 heteroatoms. The Labute approximate surface area is 77.9 Å². The van der Waals surface area contributed by atoms with Gasteiger partial charge in [-0.25, -0.2) is 0 Å². The normalized spacial score (nSPS) is 9.77. The molecular formula is C9H14N2O2. The average Bonchev–Trinajstić information content (AvgIpc) is 2.03. The van der Waals surface area contributed by atoms with E-state index in [9.17, 15) is 9.59 Å². The van der Waals surface area contributed by atoms with Crippen LogP contribution < -0.4 is 5.32 Å². The van der Waals surface area contributed by atoms with Gasteiger partial charge < -0.3 is 10.2 Å². The molecule has 2 amide bonds. The minimum Gasteiger partial charge on any atom is -0.345 e. The number of likely N-dealkylation sites (N-methyl/N-ethyl adjacent to an activating group) is 1. The molecule has 0 unspecified atom stereocenters. The number of carbonyl (C=O) groups excluding carboxylic acids is 2. The van der Waals surface area contributed by atoms with E-state index in [1.54, 1.807) is 21.0 Å². The highest BCUT2D eigenvalue weighted by molar-refractivity contribution is 5.94. The average molecular weight is 182 g/mol. The second-order valence-electron chi connectivity index (χ2n) is 2.82. The maximum atomic E-state index is 11.0. The van der Waals surface area contributed by atoms with Gasteiger partial charge in [0.05, 0.1) is 0 Å². The molecule has 0 aliphatic heterocycles. The molecule has 0 saturated carbocycles. The number of carbonyl (C=O) groups is 2. The Morgan fingerprint density at radius 1 is 1.38 bits per heavy atom. The van der Waals surface area contributed by atoms with Crippen LogP contribution in [-0.2, 0) is 9.59 Å². The van der Waals surface area contributed by atoms with Gasteiger partial charge in [0.1, 0.15) is 0 Å². The summed E-state index contributed by atoms with van der Waals surface area (Å²) in [5, 5.41) is 2.40. The molecule has 0 saturated heterocycles. The van der Waals surface area contributed by atoms with Crippen LogP contribution in [0.5, 0.6) is 0 Å². The van der Waals surface area contributed by atoms with Gasteiger partial charge in [0.15, 0.2) is 0 Å². The van der Waals surface area contributed by atoms with Crippen molar-refractivity contribution in [3.05, 3.63) is 24.4 Å². The molecule has 4 nitrogen and oxygen atoms in total. The maximum Gasteiger partial charge on any atom is 0.250 e. The minimum atomic E-state index is -0.289. The first-order chi connectivity index (χ1) is 5.95. The molecule has 0 rings (SSSR count). The molecule has 0 aliphatic carbocycles. The summed E-state index contributed by atoms with van der Waals surface area (Å²) in [6.45, 7) is 5.04. The zero-order valence-corrected chi connectivity index (χ0v) is 8.13. The van der Waals surface area contributed by atoms with Gasteiger partial charge in [-0.05, 0) is 6.92 Å². The number of nitrogens with one attached hydrogen (secondary N) is 1. The number of hydrogen-bond donors (Lipinski definition) is 1. The van der Waals surface area contributed by atoms with Gasteiger partial charge in [-0.1, -0.05) is 6.58 Å². The summed E-state index contributed by atoms with van der Waals surface area (Å²) < 4.78 is 0. The predicted octanol–water partition coefficient (Wildman–Crippen LogP) is 0.281. The third-order valence-corrected chi connectivity index (χ3v) is 1.27. The van der Waals surface area contributed by atoms with Crippen molar-refractivity contribution in [1.29, 1.82) is 0 Å². The van der Waals surface area contributed by atoms with Gasteiger partial charge in [0, 0.05) is 31.9 Å². The second-order valence-corrected chi connectivity index (χ2v) is 2.82. The lowest BCUT2D eigenvalue weighted by Crippen LogP contribution is -2.22. The van der Waals surface area contributed by atoms with Crippen LogP contribution in [0.3, 0.4) is 0 Å². The lowest BCUT2D eigenvalue weighted by molar-refractivity contribution is -0.123. The molecule has 0 aromatic carbocycles. The van der Waals surface area contributed by atoms with Gasteiger partial charge in [-0.15, -0.1) is 0 Å². The lowest BCUT2D eigenvalue weighted by atomic mass is 10.3. The second kappa shape index (κ2) is 5.13. The third-order valence-electron chi connectivity index (χ3n) is 1.27. The van der Waals surface area contributed by atoms with Crippen molar-refractivity contribution >= 4 is 11.8 Å². The van der Waals surface area contributed by atoms with E-state index in [1.807, 2.05) is 0 Å². The Kier molecular flexibility index (Phi) is 4.51. The first-order valence-corrected chi connectivity index (χ1v) is 3.79. The molecule has 0 aliphatic rings. The first kappa shape index (κ1) is 11.4. The van der Waals surface area contributed by atoms with Crippen LogP contribution in [0, 0.1) is 0 Å². The Morgan fingerprint density at radius 3 is 2.31 bits per heavy atom. The van der Waals surface area contributed by atoms with Gasteiger partial charge >= 0.3 is 0 Å². The fraction of sp³-hybridized carbons (Fsp3) is 0.333. The van der Waals surface area contributed by atoms with Crippen molar-refractivity contribution < 1.29 is 9.59 Å². The Bertz CT molecular complexity index is 254. The molecule has 13 heavy (non-hydrogen) atoms. The van der Waals surface area contributed by atoms with E-state index in [4.69, 9.17) is 0 Å². The summed E-state index contributed by atoms with van der Waals surface area (Å²) in [6, 6.07) is 0. The monoisotopic (exact) mass is 182 g/mol. The van der Waals surface area contributed by atoms with E-state index in [2.05, 4.69) is 11.9 Å². The van der Waals surface area contributed by atoms with Crippen LogP contribution in [0.25, 0.3) is 0 Å². The van der Waals surface area contributed by atoms with Crippen LogP contribution in [0.4, 0.5) is 0 Å². The quantitative estimate of drug-likeness (QED) is 0.637. The van der Waals surface area contributed by atoms with E-state index < -0.39 is 0 Å². The molecule has 0 aromatic rings. The van der Waals surface area contributed by atoms with Crippen molar-refractivity contribution in [3.63, 3.8) is 0 Å². The zero-order chi connectivity index (χ0) is 10.4. The summed E-state index contributed by atoms with van der Waals surface area (Å²) in [7, 11) is 3.26. The van der Waals surface area contributed by atoms with Crippen LogP contribution >= 0.6 is 0 Å². The number of rotatable bonds is 3. The van der Waals surface area contributed by atoms with Crippen molar-refractivity contribution in [3.8, 4) is 0 Å². The standard InChI is InChI=1S/C9H14N2O2/c1-7(2)9(13)10-6-5-8(12)11(3)4/h5-6H,1H2,2-4H3,(H,10,13)/b6-5-. The highest BCUT2D eigenvalue weighted by Gasteiger charge is 1.99. The smallest absolute Gasteiger partial charge is 0.250 e. The van der Waals surface area contributed by atoms with E-state index in [0.29, 0.717) is 5.57 Å². The Morgan fingerprint density at radius 2 is 1.92 bits per heavy atom. The van der Waals surface area contributed by atoms with Gasteiger partial charge in [0.25, 0.3) is 0 Å². The summed E-state index contributed by atoms with van der Waals surface area (Å²) in [4.78, 5) is 23.3. The summed E-state index contributed by atoms with van der Waals surface area (Å²) >= 11 is 0. The fourth-order valence-corrected chi connectivity index (χ4v) is 0.461. The van der Waals surface area contributed by atoms with Gasteiger partial charge in [-0.3, -0.25) is 9.59 Å². The summed E-state index contributed by atoms with van der Waals surface area (Å²) in [5.74, 6) is -0.468. The van der Waals surface area contributed by atoms with E-state index in [1.165, 1.54) is 17.2 Å². The SMILES string of the molecule is C=C(C)C(=O)N/C=C\C(=O)N(C)C. The molecular weight excluding hydrogens is 168 g/mol. The van der Waals surface area contributed by atoms with Crippen LogP contribution in [0.15, 0.2) is 24.4 Å². The molecule has 72 valence electrons. The Hall–Kier alpha value is -1.58. The van der Waals surface area contributed by atoms with Crippen molar-refractivity contribution in [2.75, 3.05) is 14.1 Å². The third kappa shape index (κ3) is 4.79.